The summed E-state index contributed by atoms with van der Waals surface area (Å²) in [6, 6.07) is 0. The SMILES string of the molecule is Cc1nc2c(c(=O)[nH]1)CN(S(=O)(=O)CC1CCCCO1)C2. The fourth-order valence-corrected chi connectivity index (χ4v) is 4.43. The van der Waals surface area contributed by atoms with E-state index in [1.165, 1.54) is 4.31 Å². The van der Waals surface area contributed by atoms with Gasteiger partial charge in [0, 0.05) is 13.2 Å². The van der Waals surface area contributed by atoms with Gasteiger partial charge in [-0.25, -0.2) is 13.4 Å². The molecule has 2 aliphatic heterocycles. The number of hydrogen-bond acceptors (Lipinski definition) is 5. The first kappa shape index (κ1) is 14.7. The Kier molecular flexibility index (Phi) is 3.85. The molecule has 1 atom stereocenters. The van der Waals surface area contributed by atoms with Crippen LogP contribution in [0.1, 0.15) is 36.3 Å². The van der Waals surface area contributed by atoms with E-state index < -0.39 is 10.0 Å². The number of aromatic nitrogens is 2. The van der Waals surface area contributed by atoms with Crippen molar-refractivity contribution < 1.29 is 13.2 Å². The summed E-state index contributed by atoms with van der Waals surface area (Å²) in [6.45, 7) is 2.59. The Morgan fingerprint density at radius 3 is 2.90 bits per heavy atom. The number of nitrogens with one attached hydrogen (secondary N) is 1. The lowest BCUT2D eigenvalue weighted by atomic mass is 10.1. The van der Waals surface area contributed by atoms with Crippen molar-refractivity contribution in [3.63, 3.8) is 0 Å². The van der Waals surface area contributed by atoms with E-state index >= 15 is 0 Å². The quantitative estimate of drug-likeness (QED) is 0.866. The van der Waals surface area contributed by atoms with Crippen LogP contribution in [-0.2, 0) is 27.8 Å². The zero-order chi connectivity index (χ0) is 15.0. The second-order valence-corrected chi connectivity index (χ2v) is 7.63. The summed E-state index contributed by atoms with van der Waals surface area (Å²) in [5, 5.41) is 0. The zero-order valence-electron chi connectivity index (χ0n) is 12.0. The van der Waals surface area contributed by atoms with Crippen LogP contribution in [0.2, 0.25) is 0 Å². The Labute approximate surface area is 123 Å². The van der Waals surface area contributed by atoms with E-state index in [1.54, 1.807) is 6.92 Å². The van der Waals surface area contributed by atoms with Crippen molar-refractivity contribution in [3.05, 3.63) is 27.4 Å². The van der Waals surface area contributed by atoms with E-state index in [0.717, 1.165) is 19.3 Å². The Hall–Kier alpha value is -1.25. The fraction of sp³-hybridized carbons (Fsp3) is 0.692. The first-order valence-corrected chi connectivity index (χ1v) is 8.75. The maximum atomic E-state index is 12.5. The largest absolute Gasteiger partial charge is 0.377 e. The molecule has 0 spiro atoms. The van der Waals surface area contributed by atoms with Gasteiger partial charge in [-0.2, -0.15) is 4.31 Å². The molecule has 1 aromatic heterocycles. The maximum Gasteiger partial charge on any atom is 0.255 e. The highest BCUT2D eigenvalue weighted by atomic mass is 32.2. The van der Waals surface area contributed by atoms with Crippen LogP contribution in [0.25, 0.3) is 0 Å². The van der Waals surface area contributed by atoms with Crippen molar-refractivity contribution in [2.24, 2.45) is 0 Å². The molecule has 1 unspecified atom stereocenters. The van der Waals surface area contributed by atoms with Crippen molar-refractivity contribution in [3.8, 4) is 0 Å². The van der Waals surface area contributed by atoms with Crippen LogP contribution < -0.4 is 5.56 Å². The van der Waals surface area contributed by atoms with E-state index in [0.29, 0.717) is 23.7 Å². The van der Waals surface area contributed by atoms with Crippen molar-refractivity contribution in [1.82, 2.24) is 14.3 Å². The number of fused-ring (bicyclic) bond motifs is 1. The smallest absolute Gasteiger partial charge is 0.255 e. The minimum atomic E-state index is -3.44. The molecule has 3 heterocycles. The van der Waals surface area contributed by atoms with E-state index in [2.05, 4.69) is 9.97 Å². The Morgan fingerprint density at radius 2 is 2.19 bits per heavy atom. The van der Waals surface area contributed by atoms with Crippen LogP contribution in [0.3, 0.4) is 0 Å². The normalized spacial score (nSPS) is 23.2. The fourth-order valence-electron chi connectivity index (χ4n) is 2.84. The lowest BCUT2D eigenvalue weighted by Gasteiger charge is -2.24. The van der Waals surface area contributed by atoms with Crippen LogP contribution in [0.5, 0.6) is 0 Å². The molecule has 0 bridgehead atoms. The molecule has 116 valence electrons. The third kappa shape index (κ3) is 3.02. The average molecular weight is 313 g/mol. The molecule has 7 nitrogen and oxygen atoms in total. The highest BCUT2D eigenvalue weighted by molar-refractivity contribution is 7.89. The third-order valence-corrected chi connectivity index (χ3v) is 5.78. The summed E-state index contributed by atoms with van der Waals surface area (Å²) in [6.07, 6.45) is 2.53. The molecule has 8 heteroatoms. The van der Waals surface area contributed by atoms with Crippen LogP contribution in [0.4, 0.5) is 0 Å². The lowest BCUT2D eigenvalue weighted by Crippen LogP contribution is -2.36. The van der Waals surface area contributed by atoms with Gasteiger partial charge in [0.25, 0.3) is 5.56 Å². The summed E-state index contributed by atoms with van der Waals surface area (Å²) >= 11 is 0. The van der Waals surface area contributed by atoms with Gasteiger partial charge in [-0.3, -0.25) is 4.79 Å². The Bertz CT molecular complexity index is 692. The van der Waals surface area contributed by atoms with E-state index in [-0.39, 0.29) is 30.5 Å². The predicted octanol–water partition coefficient (Wildman–Crippen LogP) is 0.293. The van der Waals surface area contributed by atoms with Gasteiger partial charge in [-0.05, 0) is 26.2 Å². The molecule has 0 amide bonds. The second kappa shape index (κ2) is 5.51. The van der Waals surface area contributed by atoms with Crippen molar-refractivity contribution in [2.75, 3.05) is 12.4 Å². The van der Waals surface area contributed by atoms with Gasteiger partial charge in [0.1, 0.15) is 5.82 Å². The van der Waals surface area contributed by atoms with Gasteiger partial charge >= 0.3 is 0 Å². The minimum Gasteiger partial charge on any atom is -0.377 e. The van der Waals surface area contributed by atoms with Crippen LogP contribution >= 0.6 is 0 Å². The Balaban J connectivity index is 1.76. The third-order valence-electron chi connectivity index (χ3n) is 3.94. The minimum absolute atomic E-state index is 0.0160. The number of H-pyrrole nitrogens is 1. The van der Waals surface area contributed by atoms with Crippen molar-refractivity contribution in [2.45, 2.75) is 45.4 Å². The number of aryl methyl sites for hydroxylation is 1. The summed E-state index contributed by atoms with van der Waals surface area (Å²) < 4.78 is 31.8. The van der Waals surface area contributed by atoms with Crippen LogP contribution in [0, 0.1) is 6.92 Å². The molecule has 0 saturated carbocycles. The highest BCUT2D eigenvalue weighted by Crippen LogP contribution is 2.23. The predicted molar refractivity (Wildman–Crippen MR) is 76.2 cm³/mol. The van der Waals surface area contributed by atoms with E-state index in [4.69, 9.17) is 4.74 Å². The number of hydrogen-bond donors (Lipinski definition) is 1. The van der Waals surface area contributed by atoms with Gasteiger partial charge in [-0.15, -0.1) is 0 Å². The highest BCUT2D eigenvalue weighted by Gasteiger charge is 2.34. The van der Waals surface area contributed by atoms with Gasteiger partial charge in [0.05, 0.1) is 29.7 Å². The van der Waals surface area contributed by atoms with E-state index in [9.17, 15) is 13.2 Å². The zero-order valence-corrected chi connectivity index (χ0v) is 12.8. The van der Waals surface area contributed by atoms with E-state index in [1.807, 2.05) is 0 Å². The van der Waals surface area contributed by atoms with Gasteiger partial charge in [0.2, 0.25) is 10.0 Å². The Morgan fingerprint density at radius 1 is 1.38 bits per heavy atom. The van der Waals surface area contributed by atoms with Crippen molar-refractivity contribution in [1.29, 1.82) is 0 Å². The van der Waals surface area contributed by atoms with Gasteiger partial charge in [-0.1, -0.05) is 0 Å². The monoisotopic (exact) mass is 313 g/mol. The molecule has 0 aliphatic carbocycles. The summed E-state index contributed by atoms with van der Waals surface area (Å²) in [5.74, 6) is 0.492. The second-order valence-electron chi connectivity index (χ2n) is 5.61. The number of nitrogens with zero attached hydrogens (tertiary/aromatic N) is 2. The molecule has 1 fully saturated rings. The van der Waals surface area contributed by atoms with Crippen molar-refractivity contribution >= 4 is 10.0 Å². The summed E-state index contributed by atoms with van der Waals surface area (Å²) in [5.41, 5.74) is 0.766. The standard InChI is InChI=1S/C13H19N3O4S/c1-9-14-12-7-16(6-11(12)13(17)15-9)21(18,19)8-10-4-2-3-5-20-10/h10H,2-8H2,1H3,(H,14,15,17). The van der Waals surface area contributed by atoms with Crippen LogP contribution in [0.15, 0.2) is 4.79 Å². The number of sulfonamides is 1. The topological polar surface area (TPSA) is 92.4 Å². The molecule has 21 heavy (non-hydrogen) atoms. The molecule has 1 saturated heterocycles. The summed E-state index contributed by atoms with van der Waals surface area (Å²) in [7, 11) is -3.44. The molecule has 1 aromatic rings. The van der Waals surface area contributed by atoms with Gasteiger partial charge < -0.3 is 9.72 Å². The average Bonchev–Trinajstić information content (AvgIpc) is 2.84. The summed E-state index contributed by atoms with van der Waals surface area (Å²) in [4.78, 5) is 18.7. The molecular formula is C13H19N3O4S. The maximum absolute atomic E-state index is 12.5. The molecular weight excluding hydrogens is 294 g/mol. The molecule has 2 aliphatic rings. The first-order chi connectivity index (χ1) is 9.95. The molecule has 0 radical (unpaired) electrons. The first-order valence-electron chi connectivity index (χ1n) is 7.14. The van der Waals surface area contributed by atoms with Gasteiger partial charge in [0.15, 0.2) is 0 Å². The number of rotatable bonds is 3. The molecule has 1 N–H and O–H groups in total. The van der Waals surface area contributed by atoms with Crippen LogP contribution in [-0.4, -0.2) is 41.2 Å². The molecule has 0 aromatic carbocycles. The molecule has 3 rings (SSSR count). The number of ether oxygens (including phenoxy) is 1. The number of aromatic amines is 1. The lowest BCUT2D eigenvalue weighted by molar-refractivity contribution is 0.0298.